The van der Waals surface area contributed by atoms with Crippen molar-refractivity contribution in [3.8, 4) is 11.5 Å². The normalized spacial score (nSPS) is 21.5. The maximum absolute atomic E-state index is 10.5. The van der Waals surface area contributed by atoms with E-state index < -0.39 is 0 Å². The van der Waals surface area contributed by atoms with Gasteiger partial charge in [0.2, 0.25) is 0 Å². The lowest BCUT2D eigenvalue weighted by Gasteiger charge is -2.40. The Bertz CT molecular complexity index is 937. The van der Waals surface area contributed by atoms with Gasteiger partial charge in [0.15, 0.2) is 0 Å². The van der Waals surface area contributed by atoms with E-state index in [4.69, 9.17) is 0 Å². The second kappa shape index (κ2) is 8.11. The van der Waals surface area contributed by atoms with Crippen molar-refractivity contribution < 1.29 is 10.2 Å². The van der Waals surface area contributed by atoms with Gasteiger partial charge in [-0.1, -0.05) is 47.5 Å². The van der Waals surface area contributed by atoms with Gasteiger partial charge in [0.25, 0.3) is 0 Å². The van der Waals surface area contributed by atoms with Crippen LogP contribution in [0.3, 0.4) is 0 Å². The van der Waals surface area contributed by atoms with Crippen LogP contribution in [0.5, 0.6) is 11.5 Å². The predicted octanol–water partition coefficient (Wildman–Crippen LogP) is 4.51. The summed E-state index contributed by atoms with van der Waals surface area (Å²) in [6, 6.07) is 17.6. The number of nitrogens with one attached hydrogen (secondary N) is 3. The molecule has 30 heavy (non-hydrogen) atoms. The molecule has 0 aliphatic carbocycles. The minimum atomic E-state index is -0.303. The van der Waals surface area contributed by atoms with Crippen LogP contribution >= 0.6 is 0 Å². The van der Waals surface area contributed by atoms with Crippen molar-refractivity contribution in [1.82, 2.24) is 16.0 Å². The molecule has 1 fully saturated rings. The molecule has 5 N–H and O–H groups in total. The number of phenols is 2. The summed E-state index contributed by atoms with van der Waals surface area (Å²) in [5, 5.41) is 31.0. The number of aryl methyl sites for hydroxylation is 4. The molecule has 3 aromatic carbocycles. The maximum atomic E-state index is 10.5. The van der Waals surface area contributed by atoms with Gasteiger partial charge >= 0.3 is 0 Å². The Morgan fingerprint density at radius 2 is 1.00 bits per heavy atom. The van der Waals surface area contributed by atoms with Crippen molar-refractivity contribution in [2.45, 2.75) is 46.2 Å². The van der Waals surface area contributed by atoms with Gasteiger partial charge in [-0.3, -0.25) is 16.0 Å². The van der Waals surface area contributed by atoms with Crippen molar-refractivity contribution in [2.75, 3.05) is 0 Å². The molecule has 2 atom stereocenters. The van der Waals surface area contributed by atoms with Crippen LogP contribution in [0.4, 0.5) is 0 Å². The van der Waals surface area contributed by atoms with Crippen LogP contribution in [0.15, 0.2) is 54.6 Å². The van der Waals surface area contributed by atoms with Crippen molar-refractivity contribution in [3.63, 3.8) is 0 Å². The fourth-order valence-electron chi connectivity index (χ4n) is 4.26. The standard InChI is InChI=1S/C25H29N3O2/c1-14-5-8-19(16(3)11-14)23-26-24(20-9-6-15(2)12-17(20)4)28-25(27-23)21-10-7-18(29)13-22(21)30/h5-13,23-30H,1-4H3. The molecule has 0 spiro atoms. The van der Waals surface area contributed by atoms with E-state index in [0.29, 0.717) is 5.56 Å². The van der Waals surface area contributed by atoms with Crippen molar-refractivity contribution in [1.29, 1.82) is 0 Å². The minimum Gasteiger partial charge on any atom is -0.508 e. The van der Waals surface area contributed by atoms with Crippen LogP contribution in [-0.4, -0.2) is 10.2 Å². The molecule has 5 heteroatoms. The molecule has 1 saturated heterocycles. The predicted molar refractivity (Wildman–Crippen MR) is 119 cm³/mol. The van der Waals surface area contributed by atoms with Gasteiger partial charge in [0.05, 0.1) is 18.5 Å². The molecule has 4 rings (SSSR count). The molecule has 1 heterocycles. The molecule has 1 aliphatic rings. The van der Waals surface area contributed by atoms with Crippen molar-refractivity contribution in [3.05, 3.63) is 93.5 Å². The van der Waals surface area contributed by atoms with E-state index in [2.05, 4.69) is 80.0 Å². The average molecular weight is 404 g/mol. The Morgan fingerprint density at radius 1 is 0.567 bits per heavy atom. The summed E-state index contributed by atoms with van der Waals surface area (Å²) in [7, 11) is 0. The Kier molecular flexibility index (Phi) is 5.52. The van der Waals surface area contributed by atoms with E-state index in [9.17, 15) is 10.2 Å². The van der Waals surface area contributed by atoms with Gasteiger partial charge in [-0.25, -0.2) is 0 Å². The zero-order chi connectivity index (χ0) is 21.4. The summed E-state index contributed by atoms with van der Waals surface area (Å²) < 4.78 is 0. The number of rotatable bonds is 3. The summed E-state index contributed by atoms with van der Waals surface area (Å²) in [5.74, 6) is 0.0997. The van der Waals surface area contributed by atoms with Gasteiger partial charge in [-0.05, 0) is 62.1 Å². The molecule has 1 aliphatic heterocycles. The lowest BCUT2D eigenvalue weighted by molar-refractivity contribution is 0.199. The topological polar surface area (TPSA) is 76.5 Å². The Balaban J connectivity index is 1.75. The van der Waals surface area contributed by atoms with Crippen LogP contribution < -0.4 is 16.0 Å². The van der Waals surface area contributed by atoms with Gasteiger partial charge in [-0.2, -0.15) is 0 Å². The molecule has 0 saturated carbocycles. The lowest BCUT2D eigenvalue weighted by Crippen LogP contribution is -2.54. The summed E-state index contributed by atoms with van der Waals surface area (Å²) in [6.45, 7) is 8.42. The first-order valence-electron chi connectivity index (χ1n) is 10.3. The third-order valence-electron chi connectivity index (χ3n) is 5.80. The smallest absolute Gasteiger partial charge is 0.125 e. The fraction of sp³-hybridized carbons (Fsp3) is 0.280. The van der Waals surface area contributed by atoms with Crippen molar-refractivity contribution >= 4 is 0 Å². The lowest BCUT2D eigenvalue weighted by atomic mass is 9.98. The largest absolute Gasteiger partial charge is 0.508 e. The molecule has 5 nitrogen and oxygen atoms in total. The van der Waals surface area contributed by atoms with Gasteiger partial charge < -0.3 is 10.2 Å². The maximum Gasteiger partial charge on any atom is 0.125 e. The van der Waals surface area contributed by atoms with Crippen molar-refractivity contribution in [2.24, 2.45) is 0 Å². The minimum absolute atomic E-state index is 0.0436. The third-order valence-corrected chi connectivity index (χ3v) is 5.80. The zero-order valence-corrected chi connectivity index (χ0v) is 17.8. The highest BCUT2D eigenvalue weighted by Gasteiger charge is 2.32. The van der Waals surface area contributed by atoms with Crippen LogP contribution in [0.1, 0.15) is 57.4 Å². The van der Waals surface area contributed by atoms with Crippen LogP contribution in [-0.2, 0) is 0 Å². The second-order valence-electron chi connectivity index (χ2n) is 8.26. The average Bonchev–Trinajstić information content (AvgIpc) is 2.67. The number of benzene rings is 3. The molecular formula is C25H29N3O2. The summed E-state index contributed by atoms with van der Waals surface area (Å²) in [4.78, 5) is 0. The van der Waals surface area contributed by atoms with Gasteiger partial charge in [-0.15, -0.1) is 0 Å². The molecule has 2 unspecified atom stereocenters. The monoisotopic (exact) mass is 403 g/mol. The highest BCUT2D eigenvalue weighted by molar-refractivity contribution is 5.42. The number of hydrogen-bond acceptors (Lipinski definition) is 5. The number of phenolic OH excluding ortho intramolecular Hbond substituents is 2. The third kappa shape index (κ3) is 4.05. The van der Waals surface area contributed by atoms with E-state index >= 15 is 0 Å². The molecular weight excluding hydrogens is 374 g/mol. The van der Waals surface area contributed by atoms with Crippen LogP contribution in [0.2, 0.25) is 0 Å². The van der Waals surface area contributed by atoms with Crippen LogP contribution in [0.25, 0.3) is 0 Å². The number of hydrogen-bond donors (Lipinski definition) is 5. The fourth-order valence-corrected chi connectivity index (χ4v) is 4.26. The zero-order valence-electron chi connectivity index (χ0n) is 17.8. The molecule has 156 valence electrons. The Hall–Kier alpha value is -2.86. The quantitative estimate of drug-likeness (QED) is 0.445. The second-order valence-corrected chi connectivity index (χ2v) is 8.26. The summed E-state index contributed by atoms with van der Waals surface area (Å²) in [6.07, 6.45) is -0.533. The first-order valence-corrected chi connectivity index (χ1v) is 10.3. The molecule has 0 aromatic heterocycles. The van der Waals surface area contributed by atoms with Crippen LogP contribution in [0, 0.1) is 27.7 Å². The van der Waals surface area contributed by atoms with Gasteiger partial charge in [0, 0.05) is 11.6 Å². The first-order chi connectivity index (χ1) is 14.3. The van der Waals surface area contributed by atoms with E-state index in [1.165, 1.54) is 39.4 Å². The summed E-state index contributed by atoms with van der Waals surface area (Å²) >= 11 is 0. The summed E-state index contributed by atoms with van der Waals surface area (Å²) in [5.41, 5.74) is 7.89. The van der Waals surface area contributed by atoms with E-state index in [-0.39, 0.29) is 30.0 Å². The van der Waals surface area contributed by atoms with E-state index in [0.717, 1.165) is 0 Å². The molecule has 0 radical (unpaired) electrons. The molecule has 3 aromatic rings. The highest BCUT2D eigenvalue weighted by atomic mass is 16.3. The van der Waals surface area contributed by atoms with Gasteiger partial charge in [0.1, 0.15) is 11.5 Å². The molecule has 0 bridgehead atoms. The first kappa shape index (κ1) is 20.4. The number of aromatic hydroxyl groups is 2. The van der Waals surface area contributed by atoms with E-state index in [1.54, 1.807) is 12.1 Å². The Labute approximate surface area is 177 Å². The van der Waals surface area contributed by atoms with E-state index in [1.807, 2.05) is 0 Å². The SMILES string of the molecule is Cc1ccc(C2NC(c3ccc(C)cc3C)NC(c3ccc(O)cc3O)N2)c(C)c1. The Morgan fingerprint density at radius 3 is 1.43 bits per heavy atom. The highest BCUT2D eigenvalue weighted by Crippen LogP contribution is 2.34. The molecule has 0 amide bonds.